The van der Waals surface area contributed by atoms with Crippen LogP contribution in [0.5, 0.6) is 0 Å². The van der Waals surface area contributed by atoms with Crippen LogP contribution in [0.25, 0.3) is 77.6 Å². The highest BCUT2D eigenvalue weighted by molar-refractivity contribution is 6.10. The molecule has 0 aliphatic heterocycles. The van der Waals surface area contributed by atoms with Gasteiger partial charge in [0.25, 0.3) is 0 Å². The molecule has 0 saturated carbocycles. The van der Waals surface area contributed by atoms with Gasteiger partial charge in [0.15, 0.2) is 0 Å². The van der Waals surface area contributed by atoms with E-state index in [0.29, 0.717) is 0 Å². The van der Waals surface area contributed by atoms with Crippen molar-refractivity contribution in [3.05, 3.63) is 168 Å². The van der Waals surface area contributed by atoms with Crippen LogP contribution in [-0.2, 0) is 10.8 Å². The topological polar surface area (TPSA) is 13.1 Å². The SMILES string of the molecule is CC1(C)c2ccccc2-c2cc(-c3cc(-c4ccc5c(c4)-c4ccccc4C5(C)C)cc(-c4cccc5c4oc4ccccc45)c3)ccc21. The minimum atomic E-state index is -0.0249. The molecule has 49 heavy (non-hydrogen) atoms. The number of fused-ring (bicyclic) bond motifs is 9. The molecule has 0 radical (unpaired) electrons. The van der Waals surface area contributed by atoms with Gasteiger partial charge in [-0.1, -0.05) is 137 Å². The number of hydrogen-bond acceptors (Lipinski definition) is 1. The van der Waals surface area contributed by atoms with E-state index in [4.69, 9.17) is 4.42 Å². The predicted molar refractivity (Wildman–Crippen MR) is 205 cm³/mol. The lowest BCUT2D eigenvalue weighted by molar-refractivity contribution is 0.660. The van der Waals surface area contributed by atoms with E-state index >= 15 is 0 Å². The maximum absolute atomic E-state index is 6.57. The van der Waals surface area contributed by atoms with Crippen molar-refractivity contribution in [2.45, 2.75) is 38.5 Å². The van der Waals surface area contributed by atoms with E-state index < -0.39 is 0 Å². The molecule has 1 heterocycles. The molecule has 0 spiro atoms. The molecule has 0 amide bonds. The third-order valence-corrected chi connectivity index (χ3v) is 11.5. The van der Waals surface area contributed by atoms with Gasteiger partial charge in [-0.25, -0.2) is 0 Å². The fourth-order valence-corrected chi connectivity index (χ4v) is 8.89. The predicted octanol–water partition coefficient (Wildman–Crippen LogP) is 13.2. The lowest BCUT2D eigenvalue weighted by atomic mass is 9.82. The van der Waals surface area contributed by atoms with Gasteiger partial charge < -0.3 is 4.42 Å². The van der Waals surface area contributed by atoms with Crippen LogP contribution < -0.4 is 0 Å². The monoisotopic (exact) mass is 628 g/mol. The summed E-state index contributed by atoms with van der Waals surface area (Å²) in [6.45, 7) is 9.38. The number of para-hydroxylation sites is 2. The molecule has 0 atom stereocenters. The van der Waals surface area contributed by atoms with Crippen LogP contribution in [0.3, 0.4) is 0 Å². The number of rotatable bonds is 3. The normalized spacial score (nSPS) is 14.9. The van der Waals surface area contributed by atoms with E-state index in [1.165, 1.54) is 66.8 Å². The van der Waals surface area contributed by atoms with E-state index in [-0.39, 0.29) is 10.8 Å². The Balaban J connectivity index is 1.21. The summed E-state index contributed by atoms with van der Waals surface area (Å²) in [6.07, 6.45) is 0. The summed E-state index contributed by atoms with van der Waals surface area (Å²) < 4.78 is 6.57. The van der Waals surface area contributed by atoms with Gasteiger partial charge >= 0.3 is 0 Å². The van der Waals surface area contributed by atoms with Gasteiger partial charge in [-0.15, -0.1) is 0 Å². The van der Waals surface area contributed by atoms with Crippen LogP contribution in [0, 0.1) is 0 Å². The zero-order chi connectivity index (χ0) is 33.1. The van der Waals surface area contributed by atoms with Gasteiger partial charge in [0.1, 0.15) is 11.2 Å². The molecule has 1 heteroatoms. The Morgan fingerprint density at radius 1 is 0.347 bits per heavy atom. The van der Waals surface area contributed by atoms with Crippen molar-refractivity contribution in [1.29, 1.82) is 0 Å². The second-order valence-electron chi connectivity index (χ2n) is 14.9. The molecule has 1 aromatic heterocycles. The molecular formula is C48H36O. The Labute approximate surface area is 287 Å². The first kappa shape index (κ1) is 28.4. The van der Waals surface area contributed by atoms with Crippen LogP contribution in [-0.4, -0.2) is 0 Å². The molecule has 7 aromatic carbocycles. The average molecular weight is 629 g/mol. The standard InChI is InChI=1S/C48H36O/c1-47(2)41-17-8-5-12-35(41)39-27-29(20-22-43(39)47)31-24-32(30-21-23-44-40(28-30)36-13-6-9-18-42(36)48(44,3)4)26-33(25-31)34-15-11-16-38-37-14-7-10-19-45(37)49-46(34)38/h5-28H,1-4H3. The van der Waals surface area contributed by atoms with Crippen LogP contribution in [0.1, 0.15) is 49.9 Å². The van der Waals surface area contributed by atoms with E-state index in [0.717, 1.165) is 33.1 Å². The maximum atomic E-state index is 6.57. The van der Waals surface area contributed by atoms with Gasteiger partial charge in [0, 0.05) is 27.2 Å². The van der Waals surface area contributed by atoms with Crippen molar-refractivity contribution in [3.8, 4) is 55.6 Å². The fraction of sp³-hybridized carbons (Fsp3) is 0.125. The van der Waals surface area contributed by atoms with Gasteiger partial charge in [-0.2, -0.15) is 0 Å². The zero-order valence-corrected chi connectivity index (χ0v) is 28.3. The van der Waals surface area contributed by atoms with E-state index in [1.54, 1.807) is 0 Å². The van der Waals surface area contributed by atoms with Crippen LogP contribution in [0.15, 0.2) is 150 Å². The highest BCUT2D eigenvalue weighted by Gasteiger charge is 2.36. The number of furan rings is 1. The van der Waals surface area contributed by atoms with Crippen LogP contribution >= 0.6 is 0 Å². The third kappa shape index (κ3) is 3.99. The second-order valence-corrected chi connectivity index (χ2v) is 14.9. The number of benzene rings is 7. The minimum absolute atomic E-state index is 0.0249. The summed E-state index contributed by atoms with van der Waals surface area (Å²) in [4.78, 5) is 0. The maximum Gasteiger partial charge on any atom is 0.143 e. The van der Waals surface area contributed by atoms with Crippen molar-refractivity contribution in [2.75, 3.05) is 0 Å². The first-order valence-electron chi connectivity index (χ1n) is 17.3. The molecule has 0 fully saturated rings. The molecule has 0 bridgehead atoms. The van der Waals surface area contributed by atoms with Gasteiger partial charge in [0.2, 0.25) is 0 Å². The summed E-state index contributed by atoms with van der Waals surface area (Å²) in [5, 5.41) is 2.29. The van der Waals surface area contributed by atoms with E-state index in [2.05, 4.69) is 167 Å². The molecule has 8 aromatic rings. The highest BCUT2D eigenvalue weighted by Crippen LogP contribution is 2.51. The highest BCUT2D eigenvalue weighted by atomic mass is 16.3. The average Bonchev–Trinajstić information content (AvgIpc) is 3.71. The van der Waals surface area contributed by atoms with Crippen molar-refractivity contribution in [2.24, 2.45) is 0 Å². The first-order chi connectivity index (χ1) is 23.8. The van der Waals surface area contributed by atoms with Gasteiger partial charge in [-0.05, 0) is 109 Å². The van der Waals surface area contributed by atoms with Crippen molar-refractivity contribution in [1.82, 2.24) is 0 Å². The molecule has 2 aliphatic rings. The Kier molecular flexibility index (Phi) is 5.75. The summed E-state index contributed by atoms with van der Waals surface area (Å²) in [6, 6.07) is 53.9. The smallest absolute Gasteiger partial charge is 0.143 e. The summed E-state index contributed by atoms with van der Waals surface area (Å²) in [5.74, 6) is 0. The Morgan fingerprint density at radius 2 is 0.816 bits per heavy atom. The Morgan fingerprint density at radius 3 is 1.43 bits per heavy atom. The molecule has 10 rings (SSSR count). The number of hydrogen-bond donors (Lipinski definition) is 0. The van der Waals surface area contributed by atoms with Crippen molar-refractivity contribution < 1.29 is 4.42 Å². The Bertz CT molecular complexity index is 2540. The minimum Gasteiger partial charge on any atom is -0.455 e. The molecule has 2 aliphatic carbocycles. The first-order valence-corrected chi connectivity index (χ1v) is 17.3. The molecule has 1 nitrogen and oxygen atoms in total. The quantitative estimate of drug-likeness (QED) is 0.190. The zero-order valence-electron chi connectivity index (χ0n) is 28.3. The van der Waals surface area contributed by atoms with Gasteiger partial charge in [-0.3, -0.25) is 0 Å². The van der Waals surface area contributed by atoms with E-state index in [1.807, 2.05) is 6.07 Å². The lowest BCUT2D eigenvalue weighted by Gasteiger charge is -2.21. The summed E-state index contributed by atoms with van der Waals surface area (Å²) in [7, 11) is 0. The molecular weight excluding hydrogens is 593 g/mol. The summed E-state index contributed by atoms with van der Waals surface area (Å²) in [5.41, 5.74) is 19.8. The van der Waals surface area contributed by atoms with E-state index in [9.17, 15) is 0 Å². The Hall–Kier alpha value is -5.66. The van der Waals surface area contributed by atoms with Crippen molar-refractivity contribution in [3.63, 3.8) is 0 Å². The van der Waals surface area contributed by atoms with Gasteiger partial charge in [0.05, 0.1) is 0 Å². The van der Waals surface area contributed by atoms with Crippen LogP contribution in [0.2, 0.25) is 0 Å². The fourth-order valence-electron chi connectivity index (χ4n) is 8.89. The molecule has 0 unspecified atom stereocenters. The van der Waals surface area contributed by atoms with Crippen molar-refractivity contribution >= 4 is 21.9 Å². The molecule has 234 valence electrons. The second kappa shape index (κ2) is 9.94. The van der Waals surface area contributed by atoms with Crippen LogP contribution in [0.4, 0.5) is 0 Å². The molecule has 0 N–H and O–H groups in total. The largest absolute Gasteiger partial charge is 0.455 e. The molecule has 0 saturated heterocycles. The third-order valence-electron chi connectivity index (χ3n) is 11.5. The summed E-state index contributed by atoms with van der Waals surface area (Å²) >= 11 is 0. The lowest BCUT2D eigenvalue weighted by Crippen LogP contribution is -2.14.